The van der Waals surface area contributed by atoms with Crippen LogP contribution in [-0.2, 0) is 0 Å². The first-order chi connectivity index (χ1) is 7.25. The molecular weight excluding hydrogens is 190 g/mol. The molecule has 3 heteroatoms. The molecule has 1 aliphatic heterocycles. The number of hydrogen-bond acceptors (Lipinski definition) is 3. The van der Waals surface area contributed by atoms with Crippen LogP contribution in [0.4, 0.5) is 0 Å². The Kier molecular flexibility index (Phi) is 3.14. The normalized spacial score (nSPS) is 21.8. The topological polar surface area (TPSA) is 40.5 Å². The summed E-state index contributed by atoms with van der Waals surface area (Å²) < 4.78 is 0. The van der Waals surface area contributed by atoms with E-state index in [1.807, 2.05) is 35.2 Å². The number of ketones is 1. The van der Waals surface area contributed by atoms with Crippen LogP contribution in [0.5, 0.6) is 0 Å². The molecule has 0 aliphatic carbocycles. The van der Waals surface area contributed by atoms with Crippen LogP contribution in [-0.4, -0.2) is 41.5 Å². The Hall–Kier alpha value is -1.19. The van der Waals surface area contributed by atoms with Gasteiger partial charge >= 0.3 is 0 Å². The fraction of sp³-hybridized carbons (Fsp3) is 0.417. The van der Waals surface area contributed by atoms with E-state index in [4.69, 9.17) is 0 Å². The second kappa shape index (κ2) is 4.55. The summed E-state index contributed by atoms with van der Waals surface area (Å²) in [6.07, 6.45) is 0.524. The lowest BCUT2D eigenvalue weighted by Gasteiger charge is -2.13. The van der Waals surface area contributed by atoms with E-state index in [2.05, 4.69) is 0 Å². The van der Waals surface area contributed by atoms with Gasteiger partial charge in [0.2, 0.25) is 0 Å². The van der Waals surface area contributed by atoms with Gasteiger partial charge in [-0.25, -0.2) is 0 Å². The molecule has 1 atom stereocenters. The van der Waals surface area contributed by atoms with Crippen molar-refractivity contribution in [3.63, 3.8) is 0 Å². The molecule has 0 bridgehead atoms. The van der Waals surface area contributed by atoms with Crippen LogP contribution in [0.15, 0.2) is 30.3 Å². The molecule has 0 radical (unpaired) electrons. The number of aliphatic hydroxyl groups is 1. The maximum absolute atomic E-state index is 11.8. The molecule has 1 aromatic carbocycles. The molecule has 1 heterocycles. The number of Topliss-reactive ketones (excluding diaryl/α,β-unsaturated/α-hetero) is 1. The molecule has 2 rings (SSSR count). The summed E-state index contributed by atoms with van der Waals surface area (Å²) in [4.78, 5) is 13.8. The molecule has 1 N–H and O–H groups in total. The number of β-amino-alcohol motifs (C(OH)–C–C–N with tert-alkyl or cyclic N) is 1. The third-order valence-electron chi connectivity index (χ3n) is 2.71. The van der Waals surface area contributed by atoms with E-state index in [9.17, 15) is 9.90 Å². The highest BCUT2D eigenvalue weighted by Gasteiger charge is 2.22. The number of rotatable bonds is 3. The number of carbonyl (C=O) groups is 1. The van der Waals surface area contributed by atoms with Gasteiger partial charge in [-0.2, -0.15) is 0 Å². The third kappa shape index (κ3) is 2.64. The van der Waals surface area contributed by atoms with Crippen LogP contribution in [0, 0.1) is 0 Å². The van der Waals surface area contributed by atoms with Crippen molar-refractivity contribution in [2.45, 2.75) is 12.5 Å². The van der Waals surface area contributed by atoms with Crippen molar-refractivity contribution in [2.24, 2.45) is 0 Å². The zero-order chi connectivity index (χ0) is 10.7. The maximum Gasteiger partial charge on any atom is 0.176 e. The van der Waals surface area contributed by atoms with Crippen molar-refractivity contribution in [3.05, 3.63) is 35.9 Å². The van der Waals surface area contributed by atoms with Crippen LogP contribution >= 0.6 is 0 Å². The average Bonchev–Trinajstić information content (AvgIpc) is 2.65. The van der Waals surface area contributed by atoms with Gasteiger partial charge in [-0.3, -0.25) is 9.69 Å². The first-order valence-corrected chi connectivity index (χ1v) is 5.24. The van der Waals surface area contributed by atoms with Gasteiger partial charge < -0.3 is 5.11 Å². The number of nitrogens with zero attached hydrogens (tertiary/aromatic N) is 1. The lowest BCUT2D eigenvalue weighted by molar-refractivity contribution is 0.0935. The molecular formula is C12H15NO2. The molecule has 3 nitrogen and oxygen atoms in total. The first kappa shape index (κ1) is 10.3. The largest absolute Gasteiger partial charge is 0.392 e. The second-order valence-corrected chi connectivity index (χ2v) is 3.97. The average molecular weight is 205 g/mol. The third-order valence-corrected chi connectivity index (χ3v) is 2.71. The molecule has 0 amide bonds. The number of carbonyl (C=O) groups excluding carboxylic acids is 1. The molecule has 80 valence electrons. The van der Waals surface area contributed by atoms with Crippen molar-refractivity contribution in [3.8, 4) is 0 Å². The number of benzene rings is 1. The van der Waals surface area contributed by atoms with Crippen LogP contribution < -0.4 is 0 Å². The minimum Gasteiger partial charge on any atom is -0.392 e. The number of likely N-dealkylation sites (tertiary alicyclic amines) is 1. The Morgan fingerprint density at radius 1 is 1.40 bits per heavy atom. The van der Waals surface area contributed by atoms with E-state index in [0.29, 0.717) is 13.1 Å². The monoisotopic (exact) mass is 205 g/mol. The standard InChI is InChI=1S/C12H15NO2/c14-11-6-7-13(8-11)9-12(15)10-4-2-1-3-5-10/h1-5,11,14H,6-9H2. The van der Waals surface area contributed by atoms with Crippen LogP contribution in [0.25, 0.3) is 0 Å². The molecule has 1 aromatic rings. The smallest absolute Gasteiger partial charge is 0.176 e. The Bertz CT molecular complexity index is 337. The first-order valence-electron chi connectivity index (χ1n) is 5.24. The quantitative estimate of drug-likeness (QED) is 0.746. The van der Waals surface area contributed by atoms with E-state index in [1.165, 1.54) is 0 Å². The van der Waals surface area contributed by atoms with Crippen LogP contribution in [0.1, 0.15) is 16.8 Å². The molecule has 1 aliphatic rings. The van der Waals surface area contributed by atoms with Crippen molar-refractivity contribution in [1.29, 1.82) is 0 Å². The summed E-state index contributed by atoms with van der Waals surface area (Å²) >= 11 is 0. The van der Waals surface area contributed by atoms with Crippen LogP contribution in [0.3, 0.4) is 0 Å². The van der Waals surface area contributed by atoms with E-state index in [-0.39, 0.29) is 11.9 Å². The van der Waals surface area contributed by atoms with Gasteiger partial charge in [0.1, 0.15) is 0 Å². The summed E-state index contributed by atoms with van der Waals surface area (Å²) in [7, 11) is 0. The Balaban J connectivity index is 1.93. The summed E-state index contributed by atoms with van der Waals surface area (Å²) in [6, 6.07) is 9.29. The van der Waals surface area contributed by atoms with Gasteiger partial charge in [0.15, 0.2) is 5.78 Å². The van der Waals surface area contributed by atoms with E-state index in [1.54, 1.807) is 0 Å². The minimum atomic E-state index is -0.256. The zero-order valence-electron chi connectivity index (χ0n) is 8.60. The van der Waals surface area contributed by atoms with Gasteiger partial charge in [0.25, 0.3) is 0 Å². The summed E-state index contributed by atoms with van der Waals surface area (Å²) in [5.74, 6) is 0.129. The van der Waals surface area contributed by atoms with E-state index in [0.717, 1.165) is 18.5 Å². The van der Waals surface area contributed by atoms with Gasteiger partial charge in [-0.1, -0.05) is 30.3 Å². The van der Waals surface area contributed by atoms with Gasteiger partial charge in [0, 0.05) is 18.7 Å². The summed E-state index contributed by atoms with van der Waals surface area (Å²) in [5, 5.41) is 9.33. The molecule has 1 fully saturated rings. The predicted octanol–water partition coefficient (Wildman–Crippen LogP) is 0.936. The minimum absolute atomic E-state index is 0.129. The Morgan fingerprint density at radius 3 is 2.73 bits per heavy atom. The highest BCUT2D eigenvalue weighted by molar-refractivity contribution is 5.97. The lowest BCUT2D eigenvalue weighted by Crippen LogP contribution is -2.28. The van der Waals surface area contributed by atoms with Crippen molar-refractivity contribution < 1.29 is 9.90 Å². The molecule has 1 unspecified atom stereocenters. The van der Waals surface area contributed by atoms with Crippen molar-refractivity contribution in [2.75, 3.05) is 19.6 Å². The number of aliphatic hydroxyl groups excluding tert-OH is 1. The van der Waals surface area contributed by atoms with Gasteiger partial charge in [-0.05, 0) is 6.42 Å². The molecule has 0 spiro atoms. The van der Waals surface area contributed by atoms with E-state index >= 15 is 0 Å². The lowest BCUT2D eigenvalue weighted by atomic mass is 10.1. The second-order valence-electron chi connectivity index (χ2n) is 3.97. The zero-order valence-corrected chi connectivity index (χ0v) is 8.60. The van der Waals surface area contributed by atoms with Crippen LogP contribution in [0.2, 0.25) is 0 Å². The Morgan fingerprint density at radius 2 is 2.13 bits per heavy atom. The van der Waals surface area contributed by atoms with Crippen molar-refractivity contribution >= 4 is 5.78 Å². The summed E-state index contributed by atoms with van der Waals surface area (Å²) in [5.41, 5.74) is 0.749. The SMILES string of the molecule is O=C(CN1CCC(O)C1)c1ccccc1. The molecule has 1 saturated heterocycles. The molecule has 0 aromatic heterocycles. The molecule has 0 saturated carbocycles. The summed E-state index contributed by atoms with van der Waals surface area (Å²) in [6.45, 7) is 1.86. The fourth-order valence-corrected chi connectivity index (χ4v) is 1.87. The fourth-order valence-electron chi connectivity index (χ4n) is 1.87. The highest BCUT2D eigenvalue weighted by atomic mass is 16.3. The van der Waals surface area contributed by atoms with Gasteiger partial charge in [0.05, 0.1) is 12.6 Å². The highest BCUT2D eigenvalue weighted by Crippen LogP contribution is 2.10. The number of hydrogen-bond donors (Lipinski definition) is 1. The van der Waals surface area contributed by atoms with Crippen molar-refractivity contribution in [1.82, 2.24) is 4.90 Å². The van der Waals surface area contributed by atoms with Gasteiger partial charge in [-0.15, -0.1) is 0 Å². The predicted molar refractivity (Wildman–Crippen MR) is 57.8 cm³/mol. The molecule has 15 heavy (non-hydrogen) atoms. The Labute approximate surface area is 89.3 Å². The maximum atomic E-state index is 11.8. The van der Waals surface area contributed by atoms with E-state index < -0.39 is 0 Å².